The molecular weight excluding hydrogens is 274 g/mol. The summed E-state index contributed by atoms with van der Waals surface area (Å²) in [6.07, 6.45) is 18.7. The topological polar surface area (TPSA) is 46.2 Å². The molecule has 130 valence electrons. The first kappa shape index (κ1) is 21.1. The highest BCUT2D eigenvalue weighted by Crippen LogP contribution is 2.12. The Bertz CT molecular complexity index is 254. The van der Waals surface area contributed by atoms with Crippen molar-refractivity contribution in [3.8, 4) is 0 Å². The monoisotopic (exact) mass is 311 g/mol. The second-order valence-corrected chi connectivity index (χ2v) is 6.30. The Kier molecular flexibility index (Phi) is 17.5. The predicted molar refractivity (Wildman–Crippen MR) is 94.0 cm³/mol. The van der Waals surface area contributed by atoms with Gasteiger partial charge < -0.3 is 10.1 Å². The molecule has 3 nitrogen and oxygen atoms in total. The van der Waals surface area contributed by atoms with Crippen LogP contribution in [0.1, 0.15) is 103 Å². The van der Waals surface area contributed by atoms with Crippen LogP contribution in [0.2, 0.25) is 0 Å². The van der Waals surface area contributed by atoms with Crippen LogP contribution >= 0.6 is 0 Å². The van der Waals surface area contributed by atoms with Crippen LogP contribution in [0.4, 0.5) is 0 Å². The molecule has 0 rings (SSSR count). The van der Waals surface area contributed by atoms with Gasteiger partial charge in [0.05, 0.1) is 0 Å². The minimum absolute atomic E-state index is 0.137. The van der Waals surface area contributed by atoms with Crippen LogP contribution in [0.25, 0.3) is 0 Å². The number of amides is 1. The summed E-state index contributed by atoms with van der Waals surface area (Å²) in [5, 5.41) is 2.86. The molecule has 0 fully saturated rings. The molecule has 0 aromatic carbocycles. The number of unbranched alkanes of at least 4 members (excludes halogenated alkanes) is 12. The van der Waals surface area contributed by atoms with E-state index in [0.29, 0.717) is 19.4 Å². The molecule has 0 saturated heterocycles. The Morgan fingerprint density at radius 2 is 1.27 bits per heavy atom. The first-order chi connectivity index (χ1) is 10.8. The zero-order valence-corrected chi connectivity index (χ0v) is 14.7. The minimum Gasteiger partial charge on any atom is -0.356 e. The molecule has 0 atom stereocenters. The molecule has 0 unspecified atom stereocenters. The van der Waals surface area contributed by atoms with Gasteiger partial charge in [-0.1, -0.05) is 77.6 Å². The maximum Gasteiger partial charge on any atom is 0.219 e. The summed E-state index contributed by atoms with van der Waals surface area (Å²) >= 11 is 0. The molecule has 1 amide bonds. The number of hydrogen-bond acceptors (Lipinski definition) is 2. The fraction of sp³-hybridized carbons (Fsp3) is 0.895. The molecular formula is C19H37NO2. The lowest BCUT2D eigenvalue weighted by Crippen LogP contribution is -2.24. The van der Waals surface area contributed by atoms with Crippen molar-refractivity contribution in [2.45, 2.75) is 103 Å². The number of nitrogens with one attached hydrogen (secondary N) is 1. The zero-order chi connectivity index (χ0) is 16.3. The molecule has 0 aliphatic heterocycles. The number of hydrogen-bond donors (Lipinski definition) is 1. The van der Waals surface area contributed by atoms with Crippen LogP contribution in [-0.2, 0) is 9.59 Å². The van der Waals surface area contributed by atoms with Crippen LogP contribution in [0, 0.1) is 0 Å². The predicted octanol–water partition coefficient (Wildman–Crippen LogP) is 5.17. The third-order valence-electron chi connectivity index (χ3n) is 4.08. The van der Waals surface area contributed by atoms with Crippen LogP contribution in [-0.4, -0.2) is 18.7 Å². The van der Waals surface area contributed by atoms with Crippen molar-refractivity contribution >= 4 is 12.2 Å². The van der Waals surface area contributed by atoms with Crippen molar-refractivity contribution in [3.05, 3.63) is 0 Å². The van der Waals surface area contributed by atoms with Gasteiger partial charge in [0.25, 0.3) is 0 Å². The summed E-state index contributed by atoms with van der Waals surface area (Å²) in [5.41, 5.74) is 0. The van der Waals surface area contributed by atoms with Crippen molar-refractivity contribution < 1.29 is 9.59 Å². The van der Waals surface area contributed by atoms with E-state index >= 15 is 0 Å². The van der Waals surface area contributed by atoms with Crippen molar-refractivity contribution in [2.75, 3.05) is 6.54 Å². The van der Waals surface area contributed by atoms with Gasteiger partial charge in [0.1, 0.15) is 6.29 Å². The SMILES string of the molecule is CCCCCCCCCCCCCCC(=O)NCCCC=O. The second-order valence-electron chi connectivity index (χ2n) is 6.30. The third-order valence-corrected chi connectivity index (χ3v) is 4.08. The fourth-order valence-electron chi connectivity index (χ4n) is 2.63. The van der Waals surface area contributed by atoms with Crippen molar-refractivity contribution in [1.29, 1.82) is 0 Å². The Balaban J connectivity index is 3.10. The van der Waals surface area contributed by atoms with Gasteiger partial charge in [0.15, 0.2) is 0 Å². The molecule has 3 heteroatoms. The van der Waals surface area contributed by atoms with Crippen LogP contribution in [0.5, 0.6) is 0 Å². The average Bonchev–Trinajstić information content (AvgIpc) is 2.52. The second kappa shape index (κ2) is 18.2. The lowest BCUT2D eigenvalue weighted by atomic mass is 10.0. The molecule has 0 spiro atoms. The highest BCUT2D eigenvalue weighted by molar-refractivity contribution is 5.75. The van der Waals surface area contributed by atoms with Gasteiger partial charge in [-0.05, 0) is 12.8 Å². The molecule has 0 bridgehead atoms. The normalized spacial score (nSPS) is 10.6. The van der Waals surface area contributed by atoms with E-state index in [1.807, 2.05) is 0 Å². The smallest absolute Gasteiger partial charge is 0.219 e. The number of rotatable bonds is 17. The standard InChI is InChI=1S/C19H37NO2/c1-2-3-4-5-6-7-8-9-10-11-12-13-16-19(22)20-17-14-15-18-21/h18H,2-17H2,1H3,(H,20,22). The molecule has 0 aromatic heterocycles. The Labute approximate surface area is 137 Å². The summed E-state index contributed by atoms with van der Waals surface area (Å²) in [6.45, 7) is 2.90. The minimum atomic E-state index is 0.137. The van der Waals surface area contributed by atoms with E-state index in [2.05, 4.69) is 12.2 Å². The summed E-state index contributed by atoms with van der Waals surface area (Å²) in [6, 6.07) is 0. The summed E-state index contributed by atoms with van der Waals surface area (Å²) in [7, 11) is 0. The van der Waals surface area contributed by atoms with Crippen LogP contribution in [0.3, 0.4) is 0 Å². The molecule has 0 radical (unpaired) electrons. The first-order valence-electron chi connectivity index (χ1n) is 9.51. The summed E-state index contributed by atoms with van der Waals surface area (Å²) < 4.78 is 0. The van der Waals surface area contributed by atoms with E-state index < -0.39 is 0 Å². The van der Waals surface area contributed by atoms with Gasteiger partial charge in [-0.15, -0.1) is 0 Å². The van der Waals surface area contributed by atoms with E-state index in [1.165, 1.54) is 64.2 Å². The maximum absolute atomic E-state index is 11.5. The van der Waals surface area contributed by atoms with Crippen molar-refractivity contribution in [3.63, 3.8) is 0 Å². The molecule has 22 heavy (non-hydrogen) atoms. The van der Waals surface area contributed by atoms with Crippen molar-refractivity contribution in [1.82, 2.24) is 5.32 Å². The molecule has 0 aromatic rings. The molecule has 0 aliphatic rings. The lowest BCUT2D eigenvalue weighted by Gasteiger charge is -2.04. The van der Waals surface area contributed by atoms with Gasteiger partial charge in [-0.2, -0.15) is 0 Å². The van der Waals surface area contributed by atoms with E-state index in [1.54, 1.807) is 0 Å². The average molecular weight is 312 g/mol. The highest BCUT2D eigenvalue weighted by Gasteiger charge is 2.00. The van der Waals surface area contributed by atoms with Crippen LogP contribution in [0.15, 0.2) is 0 Å². The quantitative estimate of drug-likeness (QED) is 0.297. The van der Waals surface area contributed by atoms with Gasteiger partial charge in [-0.3, -0.25) is 4.79 Å². The van der Waals surface area contributed by atoms with Gasteiger partial charge in [-0.25, -0.2) is 0 Å². The Morgan fingerprint density at radius 3 is 1.77 bits per heavy atom. The number of carbonyl (C=O) groups excluding carboxylic acids is 2. The van der Waals surface area contributed by atoms with E-state index in [-0.39, 0.29) is 5.91 Å². The Hall–Kier alpha value is -0.860. The highest BCUT2D eigenvalue weighted by atomic mass is 16.1. The first-order valence-corrected chi connectivity index (χ1v) is 9.51. The van der Waals surface area contributed by atoms with Gasteiger partial charge in [0, 0.05) is 19.4 Å². The fourth-order valence-corrected chi connectivity index (χ4v) is 2.63. The van der Waals surface area contributed by atoms with Gasteiger partial charge >= 0.3 is 0 Å². The summed E-state index contributed by atoms with van der Waals surface area (Å²) in [5.74, 6) is 0.137. The largest absolute Gasteiger partial charge is 0.356 e. The van der Waals surface area contributed by atoms with Crippen molar-refractivity contribution in [2.24, 2.45) is 0 Å². The molecule has 1 N–H and O–H groups in total. The van der Waals surface area contributed by atoms with Crippen LogP contribution < -0.4 is 5.32 Å². The van der Waals surface area contributed by atoms with E-state index in [0.717, 1.165) is 25.5 Å². The summed E-state index contributed by atoms with van der Waals surface area (Å²) in [4.78, 5) is 21.6. The molecule has 0 heterocycles. The Morgan fingerprint density at radius 1 is 0.773 bits per heavy atom. The zero-order valence-electron chi connectivity index (χ0n) is 14.7. The third kappa shape index (κ3) is 17.2. The van der Waals surface area contributed by atoms with E-state index in [9.17, 15) is 9.59 Å². The van der Waals surface area contributed by atoms with Gasteiger partial charge in [0.2, 0.25) is 5.91 Å². The van der Waals surface area contributed by atoms with E-state index in [4.69, 9.17) is 0 Å². The molecule has 0 aliphatic carbocycles. The molecule has 0 saturated carbocycles. The lowest BCUT2D eigenvalue weighted by molar-refractivity contribution is -0.121. The number of aldehydes is 1. The number of carbonyl (C=O) groups is 2. The maximum atomic E-state index is 11.5.